The number of hydrogen-bond donors (Lipinski definition) is 2. The van der Waals surface area contributed by atoms with Gasteiger partial charge in [0.15, 0.2) is 5.96 Å². The molecule has 148 valence electrons. The van der Waals surface area contributed by atoms with E-state index in [0.29, 0.717) is 26.3 Å². The first-order chi connectivity index (χ1) is 12.7. The number of guanidine groups is 1. The van der Waals surface area contributed by atoms with Crippen LogP contribution in [0.5, 0.6) is 11.5 Å². The molecular weight excluding hydrogens is 457 g/mol. The van der Waals surface area contributed by atoms with Crippen LogP contribution in [-0.4, -0.2) is 40.4 Å². The fourth-order valence-electron chi connectivity index (χ4n) is 2.34. The summed E-state index contributed by atoms with van der Waals surface area (Å²) in [6.07, 6.45) is 0. The number of methoxy groups -OCH3 is 2. The van der Waals surface area contributed by atoms with Gasteiger partial charge in [0.25, 0.3) is 0 Å². The zero-order chi connectivity index (χ0) is 18.6. The van der Waals surface area contributed by atoms with E-state index in [2.05, 4.69) is 39.9 Å². The molecule has 2 N–H and O–H groups in total. The maximum atomic E-state index is 5.69. The number of nitrogens with one attached hydrogen (secondary N) is 2. The number of halogens is 1. The van der Waals surface area contributed by atoms with Gasteiger partial charge in [-0.1, -0.05) is 24.3 Å². The van der Waals surface area contributed by atoms with Crippen LogP contribution < -0.4 is 20.1 Å². The van der Waals surface area contributed by atoms with Gasteiger partial charge < -0.3 is 24.8 Å². The highest BCUT2D eigenvalue weighted by Crippen LogP contribution is 2.16. The summed E-state index contributed by atoms with van der Waals surface area (Å²) >= 11 is 0. The van der Waals surface area contributed by atoms with Crippen molar-refractivity contribution >= 4 is 29.9 Å². The largest absolute Gasteiger partial charge is 0.497 e. The van der Waals surface area contributed by atoms with Crippen LogP contribution in [0.15, 0.2) is 53.5 Å². The van der Waals surface area contributed by atoms with Gasteiger partial charge in [0.05, 0.1) is 20.3 Å². The molecule has 0 fully saturated rings. The Kier molecular flexibility index (Phi) is 11.3. The average molecular weight is 485 g/mol. The van der Waals surface area contributed by atoms with Gasteiger partial charge in [-0.05, 0) is 35.4 Å². The second kappa shape index (κ2) is 13.2. The van der Waals surface area contributed by atoms with Crippen molar-refractivity contribution in [3.63, 3.8) is 0 Å². The third-order valence-corrected chi connectivity index (χ3v) is 3.74. The minimum Gasteiger partial charge on any atom is -0.497 e. The summed E-state index contributed by atoms with van der Waals surface area (Å²) < 4.78 is 15.9. The van der Waals surface area contributed by atoms with Gasteiger partial charge in [0, 0.05) is 20.7 Å². The van der Waals surface area contributed by atoms with Crippen molar-refractivity contribution in [2.45, 2.75) is 13.2 Å². The molecule has 2 aromatic carbocycles. The van der Waals surface area contributed by atoms with E-state index in [1.54, 1.807) is 21.3 Å². The molecule has 0 bridgehead atoms. The van der Waals surface area contributed by atoms with Crippen LogP contribution >= 0.6 is 24.0 Å². The molecule has 0 spiro atoms. The number of aliphatic imine (C=N–C) groups is 1. The zero-order valence-electron chi connectivity index (χ0n) is 16.0. The Morgan fingerprint density at radius 1 is 0.889 bits per heavy atom. The molecule has 2 aromatic rings. The topological polar surface area (TPSA) is 64.1 Å². The normalized spacial score (nSPS) is 10.7. The molecule has 0 heterocycles. The monoisotopic (exact) mass is 485 g/mol. The summed E-state index contributed by atoms with van der Waals surface area (Å²) in [4.78, 5) is 4.22. The second-order valence-corrected chi connectivity index (χ2v) is 5.63. The van der Waals surface area contributed by atoms with E-state index in [4.69, 9.17) is 14.2 Å². The lowest BCUT2D eigenvalue weighted by atomic mass is 10.1. The van der Waals surface area contributed by atoms with Crippen LogP contribution in [0.3, 0.4) is 0 Å². The van der Waals surface area contributed by atoms with Crippen LogP contribution in [-0.2, 0) is 17.9 Å². The lowest BCUT2D eigenvalue weighted by molar-refractivity contribution is 0.185. The standard InChI is InChI=1S/C20H27N3O3.HI/c1-21-20(23-14-16-4-6-17(7-5-16)15-24-2)22-12-13-26-19-10-8-18(25-3)9-11-19;/h4-11H,12-15H2,1-3H3,(H2,21,22,23);1H. The molecule has 27 heavy (non-hydrogen) atoms. The summed E-state index contributed by atoms with van der Waals surface area (Å²) in [6, 6.07) is 15.8. The molecule has 0 radical (unpaired) electrons. The van der Waals surface area contributed by atoms with Crippen molar-refractivity contribution in [3.8, 4) is 11.5 Å². The number of rotatable bonds is 9. The van der Waals surface area contributed by atoms with Crippen LogP contribution in [0.2, 0.25) is 0 Å². The molecule has 0 saturated heterocycles. The molecule has 0 atom stereocenters. The van der Waals surface area contributed by atoms with Crippen molar-refractivity contribution in [2.75, 3.05) is 34.4 Å². The lowest BCUT2D eigenvalue weighted by Crippen LogP contribution is -2.38. The zero-order valence-corrected chi connectivity index (χ0v) is 18.4. The number of ether oxygens (including phenoxy) is 3. The highest BCUT2D eigenvalue weighted by atomic mass is 127. The summed E-state index contributed by atoms with van der Waals surface area (Å²) in [5.74, 6) is 2.37. The Hall–Kier alpha value is -2.00. The predicted molar refractivity (Wildman–Crippen MR) is 119 cm³/mol. The van der Waals surface area contributed by atoms with Gasteiger partial charge in [-0.3, -0.25) is 4.99 Å². The third-order valence-electron chi connectivity index (χ3n) is 3.74. The molecule has 2 rings (SSSR count). The summed E-state index contributed by atoms with van der Waals surface area (Å²) in [7, 11) is 5.09. The fraction of sp³-hybridized carbons (Fsp3) is 0.350. The third kappa shape index (κ3) is 8.49. The molecule has 6 nitrogen and oxygen atoms in total. The van der Waals surface area contributed by atoms with Crippen LogP contribution in [0.1, 0.15) is 11.1 Å². The van der Waals surface area contributed by atoms with Crippen molar-refractivity contribution < 1.29 is 14.2 Å². The molecule has 0 amide bonds. The van der Waals surface area contributed by atoms with Crippen LogP contribution in [0.25, 0.3) is 0 Å². The van der Waals surface area contributed by atoms with Gasteiger partial charge in [-0.2, -0.15) is 0 Å². The molecule has 0 aliphatic heterocycles. The van der Waals surface area contributed by atoms with E-state index >= 15 is 0 Å². The Bertz CT molecular complexity index is 676. The van der Waals surface area contributed by atoms with Crippen molar-refractivity contribution in [1.29, 1.82) is 0 Å². The van der Waals surface area contributed by atoms with E-state index in [1.165, 1.54) is 5.56 Å². The SMILES string of the molecule is CN=C(NCCOc1ccc(OC)cc1)NCc1ccc(COC)cc1.I. The highest BCUT2D eigenvalue weighted by molar-refractivity contribution is 14.0. The van der Waals surface area contributed by atoms with Crippen molar-refractivity contribution in [2.24, 2.45) is 4.99 Å². The molecule has 0 aliphatic carbocycles. The summed E-state index contributed by atoms with van der Waals surface area (Å²) in [5, 5.41) is 6.52. The Morgan fingerprint density at radius 2 is 1.52 bits per heavy atom. The Balaban J connectivity index is 0.00000364. The Morgan fingerprint density at radius 3 is 2.11 bits per heavy atom. The molecule has 0 aliphatic rings. The fourth-order valence-corrected chi connectivity index (χ4v) is 2.34. The van der Waals surface area contributed by atoms with Gasteiger partial charge in [-0.15, -0.1) is 24.0 Å². The minimum absolute atomic E-state index is 0. The summed E-state index contributed by atoms with van der Waals surface area (Å²) in [5.41, 5.74) is 2.34. The van der Waals surface area contributed by atoms with Crippen LogP contribution in [0.4, 0.5) is 0 Å². The highest BCUT2D eigenvalue weighted by Gasteiger charge is 2.00. The van der Waals surface area contributed by atoms with E-state index in [-0.39, 0.29) is 24.0 Å². The van der Waals surface area contributed by atoms with Gasteiger partial charge in [-0.25, -0.2) is 0 Å². The predicted octanol–water partition coefficient (Wildman–Crippen LogP) is 3.20. The van der Waals surface area contributed by atoms with Gasteiger partial charge in [0.1, 0.15) is 18.1 Å². The quantitative estimate of drug-likeness (QED) is 0.247. The van der Waals surface area contributed by atoms with Gasteiger partial charge in [0.2, 0.25) is 0 Å². The van der Waals surface area contributed by atoms with Crippen molar-refractivity contribution in [3.05, 3.63) is 59.7 Å². The van der Waals surface area contributed by atoms with E-state index in [9.17, 15) is 0 Å². The first kappa shape index (κ1) is 23.0. The van der Waals surface area contributed by atoms with E-state index in [0.717, 1.165) is 23.0 Å². The van der Waals surface area contributed by atoms with Crippen molar-refractivity contribution in [1.82, 2.24) is 10.6 Å². The number of benzene rings is 2. The van der Waals surface area contributed by atoms with Gasteiger partial charge >= 0.3 is 0 Å². The van der Waals surface area contributed by atoms with E-state index in [1.807, 2.05) is 24.3 Å². The molecule has 7 heteroatoms. The summed E-state index contributed by atoms with van der Waals surface area (Å²) in [6.45, 7) is 2.52. The maximum absolute atomic E-state index is 5.69. The number of hydrogen-bond acceptors (Lipinski definition) is 4. The number of nitrogens with zero attached hydrogens (tertiary/aromatic N) is 1. The smallest absolute Gasteiger partial charge is 0.191 e. The lowest BCUT2D eigenvalue weighted by Gasteiger charge is -2.13. The first-order valence-corrected chi connectivity index (χ1v) is 8.53. The Labute approximate surface area is 178 Å². The molecular formula is C20H28IN3O3. The van der Waals surface area contributed by atoms with Crippen LogP contribution in [0, 0.1) is 0 Å². The van der Waals surface area contributed by atoms with E-state index < -0.39 is 0 Å². The minimum atomic E-state index is 0. The maximum Gasteiger partial charge on any atom is 0.191 e. The molecule has 0 saturated carbocycles. The molecule has 0 aromatic heterocycles. The average Bonchev–Trinajstić information content (AvgIpc) is 2.69. The second-order valence-electron chi connectivity index (χ2n) is 5.63. The first-order valence-electron chi connectivity index (χ1n) is 8.53. The molecule has 0 unspecified atom stereocenters.